The highest BCUT2D eigenvalue weighted by Gasteiger charge is 2.06. The number of carbonyl (C=O) groups is 1. The quantitative estimate of drug-likeness (QED) is 0.498. The highest BCUT2D eigenvalue weighted by molar-refractivity contribution is 9.10. The number of benzene rings is 3. The average Bonchev–Trinajstić information content (AvgIpc) is 2.62. The fourth-order valence-corrected chi connectivity index (χ4v) is 3.58. The van der Waals surface area contributed by atoms with Crippen LogP contribution >= 0.6 is 27.7 Å². The summed E-state index contributed by atoms with van der Waals surface area (Å²) in [6, 6.07) is 23.9. The van der Waals surface area contributed by atoms with Gasteiger partial charge in [0.05, 0.1) is 0 Å². The van der Waals surface area contributed by atoms with Gasteiger partial charge in [-0.15, -0.1) is 11.8 Å². The predicted molar refractivity (Wildman–Crippen MR) is 109 cm³/mol. The van der Waals surface area contributed by atoms with Gasteiger partial charge in [0.25, 0.3) is 5.91 Å². The second-order valence-corrected chi connectivity index (χ2v) is 7.73. The molecule has 1 amide bonds. The minimum Gasteiger partial charge on any atom is -0.322 e. The van der Waals surface area contributed by atoms with Crippen LogP contribution in [-0.2, 0) is 5.75 Å². The number of anilines is 1. The lowest BCUT2D eigenvalue weighted by Crippen LogP contribution is -2.11. The minimum absolute atomic E-state index is 0.101. The molecule has 0 spiro atoms. The van der Waals surface area contributed by atoms with E-state index in [1.807, 2.05) is 48.5 Å². The van der Waals surface area contributed by atoms with Crippen molar-refractivity contribution in [2.45, 2.75) is 17.6 Å². The molecular formula is C21H18BrNOS. The monoisotopic (exact) mass is 411 g/mol. The number of rotatable bonds is 5. The Morgan fingerprint density at radius 2 is 1.72 bits per heavy atom. The third-order valence-corrected chi connectivity index (χ3v) is 5.30. The number of thioether (sulfide) groups is 1. The van der Waals surface area contributed by atoms with Gasteiger partial charge in [0, 0.05) is 26.4 Å². The zero-order valence-corrected chi connectivity index (χ0v) is 16.2. The van der Waals surface area contributed by atoms with Crippen LogP contribution in [0.15, 0.2) is 82.2 Å². The first-order chi connectivity index (χ1) is 12.1. The van der Waals surface area contributed by atoms with Gasteiger partial charge in [-0.25, -0.2) is 0 Å². The van der Waals surface area contributed by atoms with Gasteiger partial charge < -0.3 is 5.32 Å². The van der Waals surface area contributed by atoms with Crippen LogP contribution in [0.3, 0.4) is 0 Å². The lowest BCUT2D eigenvalue weighted by Gasteiger charge is -2.07. The van der Waals surface area contributed by atoms with Gasteiger partial charge in [0.2, 0.25) is 0 Å². The van der Waals surface area contributed by atoms with E-state index in [1.54, 1.807) is 11.8 Å². The molecule has 0 fully saturated rings. The van der Waals surface area contributed by atoms with Gasteiger partial charge in [-0.1, -0.05) is 51.8 Å². The van der Waals surface area contributed by atoms with Crippen molar-refractivity contribution in [2.75, 3.05) is 5.32 Å². The van der Waals surface area contributed by atoms with Crippen LogP contribution in [0.4, 0.5) is 5.69 Å². The predicted octanol–water partition coefficient (Wildman–Crippen LogP) is 6.30. The highest BCUT2D eigenvalue weighted by Crippen LogP contribution is 2.23. The summed E-state index contributed by atoms with van der Waals surface area (Å²) in [5.41, 5.74) is 3.90. The van der Waals surface area contributed by atoms with E-state index in [0.717, 1.165) is 15.9 Å². The molecule has 0 heterocycles. The molecule has 1 N–H and O–H groups in total. The first-order valence-corrected chi connectivity index (χ1v) is 9.73. The van der Waals surface area contributed by atoms with E-state index in [1.165, 1.54) is 16.0 Å². The van der Waals surface area contributed by atoms with Crippen molar-refractivity contribution >= 4 is 39.3 Å². The van der Waals surface area contributed by atoms with E-state index in [-0.39, 0.29) is 5.91 Å². The maximum atomic E-state index is 12.3. The van der Waals surface area contributed by atoms with Crippen molar-refractivity contribution in [3.63, 3.8) is 0 Å². The lowest BCUT2D eigenvalue weighted by molar-refractivity contribution is 0.102. The van der Waals surface area contributed by atoms with Crippen molar-refractivity contribution in [1.29, 1.82) is 0 Å². The Bertz CT molecular complexity index is 860. The molecule has 2 nitrogen and oxygen atoms in total. The minimum atomic E-state index is -0.101. The zero-order valence-electron chi connectivity index (χ0n) is 13.8. The fraction of sp³-hybridized carbons (Fsp3) is 0.0952. The maximum Gasteiger partial charge on any atom is 0.255 e. The molecule has 0 saturated heterocycles. The second-order valence-electron chi connectivity index (χ2n) is 5.76. The summed E-state index contributed by atoms with van der Waals surface area (Å²) in [7, 11) is 0. The molecule has 4 heteroatoms. The SMILES string of the molecule is Cc1ccc(SCc2ccc(C(=O)Nc3cccc(Br)c3)cc2)cc1. The Morgan fingerprint density at radius 1 is 1.00 bits per heavy atom. The van der Waals surface area contributed by atoms with Crippen LogP contribution in [0.1, 0.15) is 21.5 Å². The Balaban J connectivity index is 1.59. The Labute approximate surface area is 160 Å². The molecule has 3 aromatic rings. The van der Waals surface area contributed by atoms with Crippen molar-refractivity contribution < 1.29 is 4.79 Å². The van der Waals surface area contributed by atoms with Crippen LogP contribution < -0.4 is 5.32 Å². The normalized spacial score (nSPS) is 10.5. The summed E-state index contributed by atoms with van der Waals surface area (Å²) in [6.45, 7) is 2.09. The van der Waals surface area contributed by atoms with Crippen LogP contribution in [0.5, 0.6) is 0 Å². The molecule has 3 aromatic carbocycles. The zero-order chi connectivity index (χ0) is 17.6. The number of halogens is 1. The Kier molecular flexibility index (Phi) is 5.95. The number of amides is 1. The molecule has 25 heavy (non-hydrogen) atoms. The molecule has 0 aliphatic rings. The number of hydrogen-bond acceptors (Lipinski definition) is 2. The second kappa shape index (κ2) is 8.37. The van der Waals surface area contributed by atoms with Crippen LogP contribution in [0.25, 0.3) is 0 Å². The maximum absolute atomic E-state index is 12.3. The molecule has 0 aliphatic carbocycles. The van der Waals surface area contributed by atoms with Crippen LogP contribution in [0.2, 0.25) is 0 Å². The molecule has 0 aliphatic heterocycles. The van der Waals surface area contributed by atoms with Crippen molar-refractivity contribution in [3.05, 3.63) is 94.0 Å². The van der Waals surface area contributed by atoms with E-state index >= 15 is 0 Å². The largest absolute Gasteiger partial charge is 0.322 e. The number of nitrogens with one attached hydrogen (secondary N) is 1. The van der Waals surface area contributed by atoms with Gasteiger partial charge in [0.15, 0.2) is 0 Å². The first kappa shape index (κ1) is 17.8. The van der Waals surface area contributed by atoms with E-state index in [2.05, 4.69) is 52.4 Å². The first-order valence-electron chi connectivity index (χ1n) is 7.95. The molecule has 0 unspecified atom stereocenters. The fourth-order valence-electron chi connectivity index (χ4n) is 2.32. The third-order valence-electron chi connectivity index (χ3n) is 3.73. The molecule has 0 radical (unpaired) electrons. The van der Waals surface area contributed by atoms with E-state index < -0.39 is 0 Å². The Hall–Kier alpha value is -2.04. The van der Waals surface area contributed by atoms with E-state index in [0.29, 0.717) is 5.56 Å². The summed E-state index contributed by atoms with van der Waals surface area (Å²) < 4.78 is 0.939. The summed E-state index contributed by atoms with van der Waals surface area (Å²) in [4.78, 5) is 13.6. The molecule has 3 rings (SSSR count). The number of hydrogen-bond donors (Lipinski definition) is 1. The number of aryl methyl sites for hydroxylation is 1. The van der Waals surface area contributed by atoms with Gasteiger partial charge >= 0.3 is 0 Å². The topological polar surface area (TPSA) is 29.1 Å². The van der Waals surface area contributed by atoms with Crippen molar-refractivity contribution in [1.82, 2.24) is 0 Å². The summed E-state index contributed by atoms with van der Waals surface area (Å²) >= 11 is 5.20. The van der Waals surface area contributed by atoms with Crippen molar-refractivity contribution in [2.24, 2.45) is 0 Å². The summed E-state index contributed by atoms with van der Waals surface area (Å²) in [6.07, 6.45) is 0. The average molecular weight is 412 g/mol. The van der Waals surface area contributed by atoms with Crippen LogP contribution in [-0.4, -0.2) is 5.91 Å². The van der Waals surface area contributed by atoms with Gasteiger partial charge in [-0.3, -0.25) is 4.79 Å². The van der Waals surface area contributed by atoms with E-state index in [4.69, 9.17) is 0 Å². The molecular weight excluding hydrogens is 394 g/mol. The smallest absolute Gasteiger partial charge is 0.255 e. The molecule has 0 bridgehead atoms. The van der Waals surface area contributed by atoms with Gasteiger partial charge in [0.1, 0.15) is 0 Å². The Morgan fingerprint density at radius 3 is 2.40 bits per heavy atom. The standard InChI is InChI=1S/C21H18BrNOS/c1-15-5-11-20(12-6-15)25-14-16-7-9-17(10-8-16)21(24)23-19-4-2-3-18(22)13-19/h2-13H,14H2,1H3,(H,23,24). The summed E-state index contributed by atoms with van der Waals surface area (Å²) in [5.74, 6) is 0.784. The third kappa shape index (κ3) is 5.21. The number of carbonyl (C=O) groups excluding carboxylic acids is 1. The lowest BCUT2D eigenvalue weighted by atomic mass is 10.1. The highest BCUT2D eigenvalue weighted by atomic mass is 79.9. The molecule has 0 saturated carbocycles. The van der Waals surface area contributed by atoms with Crippen molar-refractivity contribution in [3.8, 4) is 0 Å². The van der Waals surface area contributed by atoms with E-state index in [9.17, 15) is 4.79 Å². The molecule has 126 valence electrons. The molecule has 0 atom stereocenters. The van der Waals surface area contributed by atoms with Gasteiger partial charge in [-0.2, -0.15) is 0 Å². The van der Waals surface area contributed by atoms with Crippen LogP contribution in [0, 0.1) is 6.92 Å². The molecule has 0 aromatic heterocycles. The summed E-state index contributed by atoms with van der Waals surface area (Å²) in [5, 5.41) is 2.91. The van der Waals surface area contributed by atoms with Gasteiger partial charge in [-0.05, 0) is 55.0 Å².